The van der Waals surface area contributed by atoms with E-state index in [9.17, 15) is 0 Å². The van der Waals surface area contributed by atoms with E-state index in [0.29, 0.717) is 10.00 Å². The Morgan fingerprint density at radius 3 is 2.47 bits per heavy atom. The van der Waals surface area contributed by atoms with Gasteiger partial charge in [0.15, 0.2) is 0 Å². The molecule has 0 radical (unpaired) electrons. The zero-order chi connectivity index (χ0) is 23.0. The van der Waals surface area contributed by atoms with E-state index in [1.54, 1.807) is 0 Å². The van der Waals surface area contributed by atoms with Crippen LogP contribution in [0.15, 0.2) is 78.6 Å². The summed E-state index contributed by atoms with van der Waals surface area (Å²) in [7, 11) is 0. The standard InChI is InChI=1S/C30H43NS/c1-6-9-17-28(24(4)13-7-2)25(5)31-20-18-30(19-21-31)23-26(14-8-3)22-29(32-30)27-15-11-10-12-16-27/h6,9-12,15-17,26,29H,4-5,7-8,13-14,18-23H2,1-3H3/b9-6-,28-17+. The van der Waals surface area contributed by atoms with E-state index in [4.69, 9.17) is 0 Å². The molecule has 0 amide bonds. The molecule has 2 saturated heterocycles. The highest BCUT2D eigenvalue weighted by Gasteiger charge is 2.43. The van der Waals surface area contributed by atoms with Crippen LogP contribution in [0.4, 0.5) is 0 Å². The lowest BCUT2D eigenvalue weighted by atomic mass is 9.80. The summed E-state index contributed by atoms with van der Waals surface area (Å²) in [4.78, 5) is 2.53. The fourth-order valence-electron chi connectivity index (χ4n) is 5.53. The van der Waals surface area contributed by atoms with Crippen LogP contribution in [0, 0.1) is 5.92 Å². The first-order valence-corrected chi connectivity index (χ1v) is 13.6. The molecule has 2 heterocycles. The summed E-state index contributed by atoms with van der Waals surface area (Å²) in [5.74, 6) is 0.857. The largest absolute Gasteiger partial charge is 0.371 e. The molecule has 0 bridgehead atoms. The smallest absolute Gasteiger partial charge is 0.0369 e. The Morgan fingerprint density at radius 1 is 1.12 bits per heavy atom. The van der Waals surface area contributed by atoms with Crippen LogP contribution in [0.1, 0.15) is 83.0 Å². The van der Waals surface area contributed by atoms with Crippen molar-refractivity contribution >= 4 is 11.8 Å². The Balaban J connectivity index is 1.72. The van der Waals surface area contributed by atoms with E-state index in [2.05, 4.69) is 99.2 Å². The van der Waals surface area contributed by atoms with Gasteiger partial charge in [0.2, 0.25) is 0 Å². The minimum Gasteiger partial charge on any atom is -0.371 e. The van der Waals surface area contributed by atoms with E-state index in [-0.39, 0.29) is 0 Å². The third-order valence-corrected chi connectivity index (χ3v) is 9.05. The van der Waals surface area contributed by atoms with Crippen LogP contribution in [0.3, 0.4) is 0 Å². The number of allylic oxidation sites excluding steroid dienone is 4. The monoisotopic (exact) mass is 449 g/mol. The summed E-state index contributed by atoms with van der Waals surface area (Å²) in [5.41, 5.74) is 5.15. The van der Waals surface area contributed by atoms with Gasteiger partial charge in [-0.2, -0.15) is 0 Å². The molecule has 0 aromatic heterocycles. The normalized spacial score (nSPS) is 23.6. The first-order chi connectivity index (χ1) is 15.5. The number of nitrogens with zero attached hydrogens (tertiary/aromatic N) is 1. The lowest BCUT2D eigenvalue weighted by Crippen LogP contribution is -2.45. The first kappa shape index (κ1) is 25.0. The van der Waals surface area contributed by atoms with Crippen molar-refractivity contribution in [1.29, 1.82) is 0 Å². The van der Waals surface area contributed by atoms with Gasteiger partial charge in [0.25, 0.3) is 0 Å². The molecule has 2 aliphatic heterocycles. The molecule has 0 saturated carbocycles. The predicted octanol–water partition coefficient (Wildman–Crippen LogP) is 8.88. The number of piperidine rings is 1. The molecular weight excluding hydrogens is 406 g/mol. The molecule has 32 heavy (non-hydrogen) atoms. The van der Waals surface area contributed by atoms with Crippen molar-refractivity contribution in [3.63, 3.8) is 0 Å². The summed E-state index contributed by atoms with van der Waals surface area (Å²) >= 11 is 2.29. The van der Waals surface area contributed by atoms with Crippen molar-refractivity contribution in [3.8, 4) is 0 Å². The van der Waals surface area contributed by atoms with Crippen molar-refractivity contribution in [2.24, 2.45) is 5.92 Å². The molecule has 0 aliphatic carbocycles. The SMILES string of the molecule is C=C(CCC)/C(=C\C=C/C)C(=C)N1CCC2(CC1)CC(CCC)CC(c1ccccc1)S2. The minimum atomic E-state index is 0.420. The third kappa shape index (κ3) is 6.22. The fraction of sp³-hybridized carbons (Fsp3) is 0.533. The van der Waals surface area contributed by atoms with E-state index >= 15 is 0 Å². The Kier molecular flexibility index (Phi) is 9.34. The average Bonchev–Trinajstić information content (AvgIpc) is 2.80. The summed E-state index contributed by atoms with van der Waals surface area (Å²) < 4.78 is 0.420. The fourth-order valence-corrected chi connectivity index (χ4v) is 7.55. The van der Waals surface area contributed by atoms with Crippen molar-refractivity contribution in [1.82, 2.24) is 4.90 Å². The maximum Gasteiger partial charge on any atom is 0.0369 e. The molecule has 3 rings (SSSR count). The van der Waals surface area contributed by atoms with Crippen molar-refractivity contribution in [2.75, 3.05) is 13.1 Å². The van der Waals surface area contributed by atoms with Crippen molar-refractivity contribution in [2.45, 2.75) is 82.1 Å². The average molecular weight is 450 g/mol. The van der Waals surface area contributed by atoms with Gasteiger partial charge in [-0.05, 0) is 61.7 Å². The number of benzene rings is 1. The maximum atomic E-state index is 4.53. The van der Waals surface area contributed by atoms with Crippen molar-refractivity contribution in [3.05, 3.63) is 84.1 Å². The molecule has 174 valence electrons. The van der Waals surface area contributed by atoms with Gasteiger partial charge in [0.1, 0.15) is 0 Å². The Labute approximate surface area is 201 Å². The summed E-state index contributed by atoms with van der Waals surface area (Å²) in [5, 5.41) is 0.644. The molecule has 2 unspecified atom stereocenters. The third-order valence-electron chi connectivity index (χ3n) is 7.22. The molecule has 1 nitrogen and oxygen atoms in total. The zero-order valence-corrected chi connectivity index (χ0v) is 21.4. The van der Waals surface area contributed by atoms with Gasteiger partial charge in [-0.3, -0.25) is 0 Å². The number of likely N-dealkylation sites (tertiary alicyclic amines) is 1. The van der Waals surface area contributed by atoms with Crippen LogP contribution in [-0.2, 0) is 0 Å². The van der Waals surface area contributed by atoms with Crippen LogP contribution < -0.4 is 0 Å². The number of hydrogen-bond acceptors (Lipinski definition) is 2. The van der Waals surface area contributed by atoms with Crippen LogP contribution in [-0.4, -0.2) is 22.7 Å². The minimum absolute atomic E-state index is 0.420. The summed E-state index contributed by atoms with van der Waals surface area (Å²) in [6, 6.07) is 11.2. The summed E-state index contributed by atoms with van der Waals surface area (Å²) in [6.07, 6.45) is 16.5. The predicted molar refractivity (Wildman–Crippen MR) is 144 cm³/mol. The highest BCUT2D eigenvalue weighted by atomic mass is 32.2. The molecule has 0 N–H and O–H groups in total. The lowest BCUT2D eigenvalue weighted by molar-refractivity contribution is 0.211. The highest BCUT2D eigenvalue weighted by Crippen LogP contribution is 2.56. The second kappa shape index (κ2) is 12.0. The second-order valence-corrected chi connectivity index (χ2v) is 11.4. The van der Waals surface area contributed by atoms with Gasteiger partial charge < -0.3 is 4.90 Å². The Morgan fingerprint density at radius 2 is 1.84 bits per heavy atom. The van der Waals surface area contributed by atoms with E-state index in [0.717, 1.165) is 31.8 Å². The maximum absolute atomic E-state index is 4.53. The number of thioether (sulfide) groups is 1. The van der Waals surface area contributed by atoms with Crippen molar-refractivity contribution < 1.29 is 0 Å². The molecule has 1 aromatic rings. The van der Waals surface area contributed by atoms with Crippen LogP contribution in [0.5, 0.6) is 0 Å². The zero-order valence-electron chi connectivity index (χ0n) is 20.6. The first-order valence-electron chi connectivity index (χ1n) is 12.7. The quantitative estimate of drug-likeness (QED) is 0.346. The van der Waals surface area contributed by atoms with E-state index in [1.165, 1.54) is 60.9 Å². The topological polar surface area (TPSA) is 3.24 Å². The molecule has 2 fully saturated rings. The molecular formula is C30H43NS. The Bertz CT molecular complexity index is 810. The van der Waals surface area contributed by atoms with Crippen LogP contribution in [0.25, 0.3) is 0 Å². The van der Waals surface area contributed by atoms with E-state index in [1.807, 2.05) is 0 Å². The van der Waals surface area contributed by atoms with Gasteiger partial charge in [-0.25, -0.2) is 0 Å². The molecule has 2 aliphatic rings. The molecule has 1 spiro atoms. The van der Waals surface area contributed by atoms with Crippen LogP contribution >= 0.6 is 11.8 Å². The van der Waals surface area contributed by atoms with Gasteiger partial charge in [-0.1, -0.05) is 94.8 Å². The number of hydrogen-bond donors (Lipinski definition) is 0. The Hall–Kier alpha value is -1.67. The summed E-state index contributed by atoms with van der Waals surface area (Å²) in [6.45, 7) is 17.8. The molecule has 2 heteroatoms. The van der Waals surface area contributed by atoms with Gasteiger partial charge >= 0.3 is 0 Å². The van der Waals surface area contributed by atoms with Gasteiger partial charge in [-0.15, -0.1) is 11.8 Å². The lowest BCUT2D eigenvalue weighted by Gasteiger charge is -2.49. The van der Waals surface area contributed by atoms with E-state index < -0.39 is 0 Å². The van der Waals surface area contributed by atoms with Gasteiger partial charge in [0, 0.05) is 28.8 Å². The molecule has 1 aromatic carbocycles. The van der Waals surface area contributed by atoms with Gasteiger partial charge in [0.05, 0.1) is 0 Å². The molecule has 2 atom stereocenters. The second-order valence-electron chi connectivity index (χ2n) is 9.69. The number of rotatable bonds is 9. The highest BCUT2D eigenvalue weighted by molar-refractivity contribution is 8.00. The van der Waals surface area contributed by atoms with Crippen LogP contribution in [0.2, 0.25) is 0 Å².